The molecule has 26 heavy (non-hydrogen) atoms. The van der Waals surface area contributed by atoms with Gasteiger partial charge >= 0.3 is 0 Å². The summed E-state index contributed by atoms with van der Waals surface area (Å²) in [6.45, 7) is 5.72. The van der Waals surface area contributed by atoms with Crippen molar-refractivity contribution in [2.24, 2.45) is 5.41 Å². The van der Waals surface area contributed by atoms with E-state index in [0.29, 0.717) is 12.8 Å². The highest BCUT2D eigenvalue weighted by atomic mass is 16.1. The van der Waals surface area contributed by atoms with Gasteiger partial charge in [0.15, 0.2) is 0 Å². The lowest BCUT2D eigenvalue weighted by Gasteiger charge is -2.17. The molecule has 3 aromatic heterocycles. The molecule has 3 aromatic rings. The monoisotopic (exact) mass is 351 g/mol. The Bertz CT molecular complexity index is 902. The summed E-state index contributed by atoms with van der Waals surface area (Å²) < 4.78 is 4.06. The van der Waals surface area contributed by atoms with Crippen molar-refractivity contribution in [3.8, 4) is 0 Å². The Morgan fingerprint density at radius 3 is 2.85 bits per heavy atom. The third kappa shape index (κ3) is 3.64. The first-order valence-corrected chi connectivity index (χ1v) is 9.23. The number of fused-ring (bicyclic) bond motifs is 1. The molecule has 0 spiro atoms. The standard InChI is InChI=1S/C20H25N5O/c1-15-11-16(2)25(23-15)14-20(8-9-20)13-21-19(26)7-6-17-12-24-10-4-3-5-18(24)22-17/h3-5,10-12H,6-9,13-14H2,1-2H3,(H,21,26). The maximum atomic E-state index is 12.3. The highest BCUT2D eigenvalue weighted by molar-refractivity contribution is 5.76. The van der Waals surface area contributed by atoms with Gasteiger partial charge in [-0.25, -0.2) is 4.98 Å². The normalized spacial score (nSPS) is 15.3. The fourth-order valence-corrected chi connectivity index (χ4v) is 3.44. The quantitative estimate of drug-likeness (QED) is 0.712. The average Bonchev–Trinajstić information content (AvgIpc) is 3.13. The number of nitrogens with one attached hydrogen (secondary N) is 1. The topological polar surface area (TPSA) is 64.2 Å². The Hall–Kier alpha value is -2.63. The number of amides is 1. The first kappa shape index (κ1) is 16.8. The first-order valence-electron chi connectivity index (χ1n) is 9.23. The van der Waals surface area contributed by atoms with Gasteiger partial charge in [0.2, 0.25) is 5.91 Å². The van der Waals surface area contributed by atoms with E-state index in [1.165, 1.54) is 5.69 Å². The van der Waals surface area contributed by atoms with Crippen LogP contribution in [-0.2, 0) is 17.8 Å². The van der Waals surface area contributed by atoms with Crippen LogP contribution in [0.25, 0.3) is 5.65 Å². The number of hydrogen-bond acceptors (Lipinski definition) is 3. The van der Waals surface area contributed by atoms with Crippen molar-refractivity contribution < 1.29 is 4.79 Å². The molecular weight excluding hydrogens is 326 g/mol. The molecule has 0 aliphatic heterocycles. The van der Waals surface area contributed by atoms with Gasteiger partial charge in [-0.05, 0) is 51.3 Å². The van der Waals surface area contributed by atoms with Crippen LogP contribution in [0.5, 0.6) is 0 Å². The van der Waals surface area contributed by atoms with Gasteiger partial charge in [-0.15, -0.1) is 0 Å². The number of carbonyl (C=O) groups excluding carboxylic acids is 1. The predicted molar refractivity (Wildman–Crippen MR) is 99.9 cm³/mol. The van der Waals surface area contributed by atoms with Crippen LogP contribution in [0.4, 0.5) is 0 Å². The van der Waals surface area contributed by atoms with Crippen LogP contribution in [0.3, 0.4) is 0 Å². The van der Waals surface area contributed by atoms with Crippen molar-refractivity contribution >= 4 is 11.6 Å². The van der Waals surface area contributed by atoms with Crippen LogP contribution >= 0.6 is 0 Å². The van der Waals surface area contributed by atoms with E-state index in [1.54, 1.807) is 0 Å². The minimum Gasteiger partial charge on any atom is -0.355 e. The summed E-state index contributed by atoms with van der Waals surface area (Å²) in [5, 5.41) is 7.67. The maximum absolute atomic E-state index is 12.3. The molecule has 1 saturated carbocycles. The average molecular weight is 351 g/mol. The summed E-state index contributed by atoms with van der Waals surface area (Å²) in [5.41, 5.74) is 4.30. The smallest absolute Gasteiger partial charge is 0.220 e. The highest BCUT2D eigenvalue weighted by Crippen LogP contribution is 2.46. The summed E-state index contributed by atoms with van der Waals surface area (Å²) in [6.07, 6.45) is 7.41. The maximum Gasteiger partial charge on any atom is 0.220 e. The summed E-state index contributed by atoms with van der Waals surface area (Å²) in [7, 11) is 0. The number of imidazole rings is 1. The Morgan fingerprint density at radius 1 is 1.31 bits per heavy atom. The molecule has 0 aromatic carbocycles. The SMILES string of the molecule is Cc1cc(C)n(CC2(CNC(=O)CCc3cn4ccccc4n3)CC2)n1. The van der Waals surface area contributed by atoms with Crippen LogP contribution in [0.1, 0.15) is 36.3 Å². The van der Waals surface area contributed by atoms with Gasteiger partial charge in [-0.2, -0.15) is 5.10 Å². The van der Waals surface area contributed by atoms with Gasteiger partial charge in [0.25, 0.3) is 0 Å². The number of aromatic nitrogens is 4. The molecule has 4 rings (SSSR count). The minimum atomic E-state index is 0.0988. The van der Waals surface area contributed by atoms with E-state index in [2.05, 4.69) is 33.1 Å². The van der Waals surface area contributed by atoms with E-state index in [0.717, 1.165) is 43.0 Å². The summed E-state index contributed by atoms with van der Waals surface area (Å²) >= 11 is 0. The number of nitrogens with zero attached hydrogens (tertiary/aromatic N) is 4. The Morgan fingerprint density at radius 2 is 2.15 bits per heavy atom. The fourth-order valence-electron chi connectivity index (χ4n) is 3.44. The zero-order chi connectivity index (χ0) is 18.1. The van der Waals surface area contributed by atoms with E-state index in [1.807, 2.05) is 41.9 Å². The molecular formula is C20H25N5O. The highest BCUT2D eigenvalue weighted by Gasteiger charge is 2.43. The molecule has 0 radical (unpaired) electrons. The van der Waals surface area contributed by atoms with E-state index >= 15 is 0 Å². The van der Waals surface area contributed by atoms with Gasteiger partial charge in [0.05, 0.1) is 11.4 Å². The first-order chi connectivity index (χ1) is 12.5. The number of carbonyl (C=O) groups is 1. The molecule has 1 aliphatic rings. The number of hydrogen-bond donors (Lipinski definition) is 1. The van der Waals surface area contributed by atoms with Crippen LogP contribution in [0.15, 0.2) is 36.7 Å². The molecule has 1 aliphatic carbocycles. The van der Waals surface area contributed by atoms with E-state index in [-0.39, 0.29) is 11.3 Å². The van der Waals surface area contributed by atoms with E-state index in [9.17, 15) is 4.79 Å². The fraction of sp³-hybridized carbons (Fsp3) is 0.450. The lowest BCUT2D eigenvalue weighted by Crippen LogP contribution is -2.32. The van der Waals surface area contributed by atoms with E-state index in [4.69, 9.17) is 0 Å². The largest absolute Gasteiger partial charge is 0.355 e. The third-order valence-electron chi connectivity index (χ3n) is 5.23. The molecule has 1 fully saturated rings. The second kappa shape index (κ2) is 6.59. The van der Waals surface area contributed by atoms with Crippen molar-refractivity contribution in [2.45, 2.75) is 46.1 Å². The predicted octanol–water partition coefficient (Wildman–Crippen LogP) is 2.68. The molecule has 6 nitrogen and oxygen atoms in total. The molecule has 1 N–H and O–H groups in total. The van der Waals surface area contributed by atoms with Crippen LogP contribution < -0.4 is 5.32 Å². The molecule has 136 valence electrons. The third-order valence-corrected chi connectivity index (χ3v) is 5.23. The molecule has 0 bridgehead atoms. The van der Waals surface area contributed by atoms with Gasteiger partial charge in [-0.3, -0.25) is 9.48 Å². The molecule has 1 amide bonds. The second-order valence-corrected chi connectivity index (χ2v) is 7.56. The van der Waals surface area contributed by atoms with Crippen LogP contribution in [-0.4, -0.2) is 31.6 Å². The molecule has 0 unspecified atom stereocenters. The van der Waals surface area contributed by atoms with E-state index < -0.39 is 0 Å². The summed E-state index contributed by atoms with van der Waals surface area (Å²) in [5.74, 6) is 0.0988. The molecule has 3 heterocycles. The van der Waals surface area contributed by atoms with Gasteiger partial charge in [0.1, 0.15) is 5.65 Å². The van der Waals surface area contributed by atoms with Crippen molar-refractivity contribution in [3.05, 3.63) is 53.7 Å². The number of aryl methyl sites for hydroxylation is 3. The zero-order valence-corrected chi connectivity index (χ0v) is 15.4. The lowest BCUT2D eigenvalue weighted by atomic mass is 10.1. The lowest BCUT2D eigenvalue weighted by molar-refractivity contribution is -0.121. The van der Waals surface area contributed by atoms with Crippen molar-refractivity contribution in [2.75, 3.05) is 6.54 Å². The Labute approximate surface area is 153 Å². The summed E-state index contributed by atoms with van der Waals surface area (Å²) in [6, 6.07) is 8.02. The van der Waals surface area contributed by atoms with Gasteiger partial charge in [-0.1, -0.05) is 6.07 Å². The van der Waals surface area contributed by atoms with Crippen molar-refractivity contribution in [1.82, 2.24) is 24.5 Å². The zero-order valence-electron chi connectivity index (χ0n) is 15.4. The van der Waals surface area contributed by atoms with Gasteiger partial charge < -0.3 is 9.72 Å². The second-order valence-electron chi connectivity index (χ2n) is 7.56. The van der Waals surface area contributed by atoms with Crippen molar-refractivity contribution in [1.29, 1.82) is 0 Å². The molecule has 0 atom stereocenters. The summed E-state index contributed by atoms with van der Waals surface area (Å²) in [4.78, 5) is 16.8. The Kier molecular flexibility index (Phi) is 4.26. The van der Waals surface area contributed by atoms with Crippen LogP contribution in [0, 0.1) is 19.3 Å². The minimum absolute atomic E-state index is 0.0988. The number of rotatable bonds is 7. The molecule has 0 saturated heterocycles. The Balaban J connectivity index is 1.27. The van der Waals surface area contributed by atoms with Crippen molar-refractivity contribution in [3.63, 3.8) is 0 Å². The van der Waals surface area contributed by atoms with Gasteiger partial charge in [0, 0.05) is 43.0 Å². The molecule has 6 heteroatoms. The number of pyridine rings is 1. The van der Waals surface area contributed by atoms with Crippen LogP contribution in [0.2, 0.25) is 0 Å².